The summed E-state index contributed by atoms with van der Waals surface area (Å²) in [5, 5.41) is 14.3. The van der Waals surface area contributed by atoms with Gasteiger partial charge in [-0.3, -0.25) is 4.68 Å². The van der Waals surface area contributed by atoms with E-state index in [1.165, 1.54) is 0 Å². The second kappa shape index (κ2) is 4.70. The van der Waals surface area contributed by atoms with Gasteiger partial charge in [-0.05, 0) is 31.0 Å². The van der Waals surface area contributed by atoms with Crippen molar-refractivity contribution in [3.8, 4) is 11.3 Å². The van der Waals surface area contributed by atoms with Gasteiger partial charge in [0.25, 0.3) is 0 Å². The molecule has 0 atom stereocenters. The number of hydrogen-bond donors (Lipinski definition) is 1. The number of carboxylic acids is 1. The fourth-order valence-corrected chi connectivity index (χ4v) is 2.51. The molecule has 1 N–H and O–H groups in total. The molecule has 0 aliphatic carbocycles. The van der Waals surface area contributed by atoms with Crippen LogP contribution in [0.15, 0.2) is 30.6 Å². The molecule has 0 amide bonds. The van der Waals surface area contributed by atoms with Gasteiger partial charge in [-0.15, -0.1) is 0 Å². The SMILES string of the molecule is Cc1ccc(C)c2c(C(=O)O)cc(-c3cnn(C)c3)nc12. The van der Waals surface area contributed by atoms with Crippen LogP contribution in [-0.4, -0.2) is 25.8 Å². The summed E-state index contributed by atoms with van der Waals surface area (Å²) in [7, 11) is 1.82. The zero-order chi connectivity index (χ0) is 15.1. The maximum atomic E-state index is 11.6. The number of aryl methyl sites for hydroxylation is 3. The first-order valence-corrected chi connectivity index (χ1v) is 6.60. The molecule has 0 saturated heterocycles. The molecule has 0 aliphatic rings. The van der Waals surface area contributed by atoms with Crippen LogP contribution in [0.3, 0.4) is 0 Å². The summed E-state index contributed by atoms with van der Waals surface area (Å²) in [6, 6.07) is 5.51. The molecule has 3 rings (SSSR count). The Bertz CT molecular complexity index is 865. The normalized spacial score (nSPS) is 11.0. The molecule has 2 heterocycles. The van der Waals surface area contributed by atoms with Gasteiger partial charge in [-0.1, -0.05) is 12.1 Å². The first-order chi connectivity index (χ1) is 9.97. The zero-order valence-electron chi connectivity index (χ0n) is 12.1. The third kappa shape index (κ3) is 2.16. The Morgan fingerprint density at radius 3 is 2.57 bits per heavy atom. The van der Waals surface area contributed by atoms with E-state index in [9.17, 15) is 9.90 Å². The number of aromatic carboxylic acids is 1. The number of rotatable bonds is 2. The molecule has 0 fully saturated rings. The number of nitrogens with zero attached hydrogens (tertiary/aromatic N) is 3. The quantitative estimate of drug-likeness (QED) is 0.784. The van der Waals surface area contributed by atoms with Crippen molar-refractivity contribution in [1.29, 1.82) is 0 Å². The second-order valence-electron chi connectivity index (χ2n) is 5.19. The van der Waals surface area contributed by atoms with Crippen LogP contribution in [0, 0.1) is 13.8 Å². The number of hydrogen-bond acceptors (Lipinski definition) is 3. The Morgan fingerprint density at radius 2 is 1.95 bits per heavy atom. The van der Waals surface area contributed by atoms with Crippen molar-refractivity contribution < 1.29 is 9.90 Å². The van der Waals surface area contributed by atoms with E-state index in [2.05, 4.69) is 10.1 Å². The topological polar surface area (TPSA) is 68.0 Å². The van der Waals surface area contributed by atoms with Gasteiger partial charge in [0, 0.05) is 24.2 Å². The van der Waals surface area contributed by atoms with E-state index in [1.807, 2.05) is 39.2 Å². The summed E-state index contributed by atoms with van der Waals surface area (Å²) in [5.74, 6) is -0.943. The summed E-state index contributed by atoms with van der Waals surface area (Å²) in [6.07, 6.45) is 3.51. The van der Waals surface area contributed by atoms with E-state index < -0.39 is 5.97 Å². The van der Waals surface area contributed by atoms with Crippen molar-refractivity contribution in [2.24, 2.45) is 7.05 Å². The maximum Gasteiger partial charge on any atom is 0.336 e. The highest BCUT2D eigenvalue weighted by Crippen LogP contribution is 2.28. The van der Waals surface area contributed by atoms with Crippen molar-refractivity contribution in [2.75, 3.05) is 0 Å². The number of carboxylic acid groups (broad SMARTS) is 1. The second-order valence-corrected chi connectivity index (χ2v) is 5.19. The zero-order valence-corrected chi connectivity index (χ0v) is 12.1. The van der Waals surface area contributed by atoms with Crippen molar-refractivity contribution in [1.82, 2.24) is 14.8 Å². The Kier molecular flexibility index (Phi) is 2.97. The highest BCUT2D eigenvalue weighted by Gasteiger charge is 2.16. The van der Waals surface area contributed by atoms with Crippen molar-refractivity contribution in [3.05, 3.63) is 47.3 Å². The minimum atomic E-state index is -0.943. The van der Waals surface area contributed by atoms with E-state index in [0.29, 0.717) is 11.1 Å². The largest absolute Gasteiger partial charge is 0.478 e. The maximum absolute atomic E-state index is 11.6. The third-order valence-electron chi connectivity index (χ3n) is 3.60. The Hall–Kier alpha value is -2.69. The fourth-order valence-electron chi connectivity index (χ4n) is 2.51. The molecule has 5 heteroatoms. The van der Waals surface area contributed by atoms with Gasteiger partial charge in [-0.2, -0.15) is 5.10 Å². The van der Waals surface area contributed by atoms with E-state index in [-0.39, 0.29) is 5.56 Å². The Morgan fingerprint density at radius 1 is 1.24 bits per heavy atom. The predicted octanol–water partition coefficient (Wildman–Crippen LogP) is 2.95. The molecular weight excluding hydrogens is 266 g/mol. The van der Waals surface area contributed by atoms with Crippen LogP contribution in [0.4, 0.5) is 0 Å². The molecule has 0 unspecified atom stereocenters. The molecule has 1 aromatic carbocycles. The lowest BCUT2D eigenvalue weighted by molar-refractivity contribution is 0.0699. The third-order valence-corrected chi connectivity index (χ3v) is 3.60. The smallest absolute Gasteiger partial charge is 0.336 e. The molecule has 0 spiro atoms. The first kappa shape index (κ1) is 13.3. The molecule has 3 aromatic rings. The standard InChI is InChI=1S/C16H15N3O2/c1-9-4-5-10(2)15-14(9)12(16(20)21)6-13(18-15)11-7-17-19(3)8-11/h4-8H,1-3H3,(H,20,21). The average molecular weight is 281 g/mol. The van der Waals surface area contributed by atoms with Gasteiger partial charge in [0.1, 0.15) is 0 Å². The molecule has 21 heavy (non-hydrogen) atoms. The van der Waals surface area contributed by atoms with Gasteiger partial charge in [0.05, 0.1) is 23.0 Å². The highest BCUT2D eigenvalue weighted by molar-refractivity contribution is 6.05. The summed E-state index contributed by atoms with van der Waals surface area (Å²) in [4.78, 5) is 16.3. The van der Waals surface area contributed by atoms with Crippen LogP contribution in [0.25, 0.3) is 22.2 Å². The van der Waals surface area contributed by atoms with Crippen LogP contribution in [0.2, 0.25) is 0 Å². The van der Waals surface area contributed by atoms with Crippen LogP contribution in [0.5, 0.6) is 0 Å². The fraction of sp³-hybridized carbons (Fsp3) is 0.188. The summed E-state index contributed by atoms with van der Waals surface area (Å²) in [5.41, 5.74) is 4.32. The molecule has 5 nitrogen and oxygen atoms in total. The molecule has 0 bridgehead atoms. The van der Waals surface area contributed by atoms with Crippen LogP contribution in [-0.2, 0) is 7.05 Å². The Labute approximate surface area is 121 Å². The van der Waals surface area contributed by atoms with Crippen molar-refractivity contribution in [2.45, 2.75) is 13.8 Å². The lowest BCUT2D eigenvalue weighted by Crippen LogP contribution is -2.02. The number of benzene rings is 1. The number of aromatic nitrogens is 3. The van der Waals surface area contributed by atoms with Gasteiger partial charge in [0.15, 0.2) is 0 Å². The lowest BCUT2D eigenvalue weighted by atomic mass is 9.99. The van der Waals surface area contributed by atoms with Crippen LogP contribution < -0.4 is 0 Å². The monoisotopic (exact) mass is 281 g/mol. The minimum absolute atomic E-state index is 0.278. The highest BCUT2D eigenvalue weighted by atomic mass is 16.4. The van der Waals surface area contributed by atoms with E-state index in [0.717, 1.165) is 22.2 Å². The summed E-state index contributed by atoms with van der Waals surface area (Å²) in [6.45, 7) is 3.84. The van der Waals surface area contributed by atoms with Crippen molar-refractivity contribution in [3.63, 3.8) is 0 Å². The Balaban J connectivity index is 2.40. The number of pyridine rings is 1. The summed E-state index contributed by atoms with van der Waals surface area (Å²) >= 11 is 0. The predicted molar refractivity (Wildman–Crippen MR) is 80.4 cm³/mol. The van der Waals surface area contributed by atoms with Crippen molar-refractivity contribution >= 4 is 16.9 Å². The molecule has 2 aromatic heterocycles. The molecular formula is C16H15N3O2. The number of fused-ring (bicyclic) bond motifs is 1. The van der Waals surface area contributed by atoms with Gasteiger partial charge >= 0.3 is 5.97 Å². The van der Waals surface area contributed by atoms with Crippen LogP contribution in [0.1, 0.15) is 21.5 Å². The molecule has 0 aliphatic heterocycles. The molecule has 0 radical (unpaired) electrons. The van der Waals surface area contributed by atoms with E-state index in [1.54, 1.807) is 16.9 Å². The lowest BCUT2D eigenvalue weighted by Gasteiger charge is -2.10. The molecule has 0 saturated carbocycles. The number of carbonyl (C=O) groups is 1. The first-order valence-electron chi connectivity index (χ1n) is 6.60. The van der Waals surface area contributed by atoms with E-state index >= 15 is 0 Å². The van der Waals surface area contributed by atoms with Gasteiger partial charge in [-0.25, -0.2) is 9.78 Å². The van der Waals surface area contributed by atoms with Gasteiger partial charge in [0.2, 0.25) is 0 Å². The minimum Gasteiger partial charge on any atom is -0.478 e. The summed E-state index contributed by atoms with van der Waals surface area (Å²) < 4.78 is 1.67. The molecule has 106 valence electrons. The van der Waals surface area contributed by atoms with Crippen LogP contribution >= 0.6 is 0 Å². The van der Waals surface area contributed by atoms with E-state index in [4.69, 9.17) is 0 Å². The van der Waals surface area contributed by atoms with Gasteiger partial charge < -0.3 is 5.11 Å². The average Bonchev–Trinajstić information content (AvgIpc) is 2.88.